The monoisotopic (exact) mass is 278 g/mol. The van der Waals surface area contributed by atoms with Crippen LogP contribution >= 0.6 is 0 Å². The average Bonchev–Trinajstić information content (AvgIpc) is 2.38. The average molecular weight is 278 g/mol. The number of hydrogen-bond donors (Lipinski definition) is 0. The van der Waals surface area contributed by atoms with Crippen LogP contribution in [0.2, 0.25) is 0 Å². The highest BCUT2D eigenvalue weighted by molar-refractivity contribution is 5.78. The second-order valence-electron chi connectivity index (χ2n) is 5.23. The minimum atomic E-state index is 0.210. The van der Waals surface area contributed by atoms with Crippen molar-refractivity contribution in [3.05, 3.63) is 34.9 Å². The lowest BCUT2D eigenvalue weighted by molar-refractivity contribution is -0.116. The minimum absolute atomic E-state index is 0.210. The Morgan fingerprint density at radius 3 is 1.75 bits per heavy atom. The molecule has 0 aliphatic carbocycles. The number of carbonyl (C=O) groups is 1. The summed E-state index contributed by atoms with van der Waals surface area (Å²) < 4.78 is 10.2. The first-order valence-electron chi connectivity index (χ1n) is 7.24. The normalized spacial score (nSPS) is 10.8. The van der Waals surface area contributed by atoms with Crippen molar-refractivity contribution >= 4 is 5.78 Å². The van der Waals surface area contributed by atoms with Gasteiger partial charge in [-0.15, -0.1) is 0 Å². The topological polar surface area (TPSA) is 35.5 Å². The molecule has 3 nitrogen and oxygen atoms in total. The van der Waals surface area contributed by atoms with Crippen LogP contribution in [0.25, 0.3) is 0 Å². The van der Waals surface area contributed by atoms with Crippen LogP contribution in [0, 0.1) is 0 Å². The van der Waals surface area contributed by atoms with Gasteiger partial charge in [0.05, 0.1) is 0 Å². The van der Waals surface area contributed by atoms with Crippen LogP contribution in [0.5, 0.6) is 0 Å². The number of benzene rings is 1. The standard InChI is InChI=1S/C17H26O3/c1-14(18)10-17-12-15(6-4-8-19-2)11-16(13-17)7-5-9-20-3/h11-13H,4-10H2,1-3H3. The summed E-state index contributed by atoms with van der Waals surface area (Å²) in [5, 5.41) is 0. The molecule has 3 heteroatoms. The molecule has 0 aliphatic heterocycles. The maximum absolute atomic E-state index is 11.3. The van der Waals surface area contributed by atoms with E-state index >= 15 is 0 Å². The largest absolute Gasteiger partial charge is 0.385 e. The predicted molar refractivity (Wildman–Crippen MR) is 81.2 cm³/mol. The number of hydrogen-bond acceptors (Lipinski definition) is 3. The lowest BCUT2D eigenvalue weighted by Gasteiger charge is -2.09. The number of aryl methyl sites for hydroxylation is 2. The van der Waals surface area contributed by atoms with Gasteiger partial charge in [0.1, 0.15) is 5.78 Å². The number of rotatable bonds is 10. The van der Waals surface area contributed by atoms with E-state index < -0.39 is 0 Å². The summed E-state index contributed by atoms with van der Waals surface area (Å²) in [4.78, 5) is 11.3. The highest BCUT2D eigenvalue weighted by Gasteiger charge is 2.04. The molecule has 0 radical (unpaired) electrons. The van der Waals surface area contributed by atoms with E-state index in [0.29, 0.717) is 6.42 Å². The van der Waals surface area contributed by atoms with Crippen LogP contribution in [0.4, 0.5) is 0 Å². The van der Waals surface area contributed by atoms with Crippen molar-refractivity contribution in [2.75, 3.05) is 27.4 Å². The van der Waals surface area contributed by atoms with Crippen molar-refractivity contribution in [1.82, 2.24) is 0 Å². The van der Waals surface area contributed by atoms with Gasteiger partial charge in [0, 0.05) is 33.9 Å². The Hall–Kier alpha value is -1.19. The first-order valence-corrected chi connectivity index (χ1v) is 7.24. The van der Waals surface area contributed by atoms with Gasteiger partial charge in [0.25, 0.3) is 0 Å². The van der Waals surface area contributed by atoms with Crippen LogP contribution in [0.3, 0.4) is 0 Å². The van der Waals surface area contributed by atoms with Crippen LogP contribution in [0.15, 0.2) is 18.2 Å². The van der Waals surface area contributed by atoms with Gasteiger partial charge in [-0.25, -0.2) is 0 Å². The summed E-state index contributed by atoms with van der Waals surface area (Å²) in [6, 6.07) is 6.54. The molecule has 0 unspecified atom stereocenters. The van der Waals surface area contributed by atoms with E-state index in [1.807, 2.05) is 0 Å². The molecular weight excluding hydrogens is 252 g/mol. The first kappa shape index (κ1) is 16.9. The van der Waals surface area contributed by atoms with Gasteiger partial charge < -0.3 is 9.47 Å². The second kappa shape index (κ2) is 9.67. The highest BCUT2D eigenvalue weighted by Crippen LogP contribution is 2.15. The molecule has 0 N–H and O–H groups in total. The Balaban J connectivity index is 2.74. The number of Topliss-reactive ketones (excluding diaryl/α,β-unsaturated/α-hetero) is 1. The fraction of sp³-hybridized carbons (Fsp3) is 0.588. The summed E-state index contributed by atoms with van der Waals surface area (Å²) in [6.07, 6.45) is 4.54. The van der Waals surface area contributed by atoms with Crippen molar-refractivity contribution in [3.63, 3.8) is 0 Å². The molecular formula is C17H26O3. The number of methoxy groups -OCH3 is 2. The highest BCUT2D eigenvalue weighted by atomic mass is 16.5. The van der Waals surface area contributed by atoms with E-state index in [0.717, 1.165) is 44.5 Å². The minimum Gasteiger partial charge on any atom is -0.385 e. The van der Waals surface area contributed by atoms with Crippen molar-refractivity contribution < 1.29 is 14.3 Å². The smallest absolute Gasteiger partial charge is 0.134 e. The summed E-state index contributed by atoms with van der Waals surface area (Å²) in [7, 11) is 3.45. The summed E-state index contributed by atoms with van der Waals surface area (Å²) >= 11 is 0. The molecule has 0 fully saturated rings. The van der Waals surface area contributed by atoms with Crippen molar-refractivity contribution in [2.24, 2.45) is 0 Å². The molecule has 0 atom stereocenters. The second-order valence-corrected chi connectivity index (χ2v) is 5.23. The van der Waals surface area contributed by atoms with E-state index in [4.69, 9.17) is 9.47 Å². The molecule has 20 heavy (non-hydrogen) atoms. The van der Waals surface area contributed by atoms with Crippen molar-refractivity contribution in [3.8, 4) is 0 Å². The molecule has 0 heterocycles. The zero-order chi connectivity index (χ0) is 14.8. The molecule has 1 aromatic rings. The Labute approximate surface area is 122 Å². The summed E-state index contributed by atoms with van der Waals surface area (Å²) in [5.41, 5.74) is 3.72. The van der Waals surface area contributed by atoms with Gasteiger partial charge in [-0.05, 0) is 49.3 Å². The van der Waals surface area contributed by atoms with Crippen LogP contribution in [0.1, 0.15) is 36.5 Å². The molecule has 0 aliphatic rings. The van der Waals surface area contributed by atoms with Gasteiger partial charge in [0.2, 0.25) is 0 Å². The third-order valence-electron chi connectivity index (χ3n) is 3.19. The molecule has 0 aromatic heterocycles. The molecule has 0 amide bonds. The van der Waals surface area contributed by atoms with Gasteiger partial charge in [-0.1, -0.05) is 18.2 Å². The van der Waals surface area contributed by atoms with Gasteiger partial charge in [-0.3, -0.25) is 4.79 Å². The van der Waals surface area contributed by atoms with E-state index in [1.165, 1.54) is 11.1 Å². The lowest BCUT2D eigenvalue weighted by Crippen LogP contribution is -2.01. The fourth-order valence-electron chi connectivity index (χ4n) is 2.36. The maximum Gasteiger partial charge on any atom is 0.134 e. The zero-order valence-electron chi connectivity index (χ0n) is 12.9. The number of ketones is 1. The number of carbonyl (C=O) groups excluding carboxylic acids is 1. The quantitative estimate of drug-likeness (QED) is 0.617. The zero-order valence-corrected chi connectivity index (χ0v) is 12.9. The molecule has 1 aromatic carbocycles. The predicted octanol–water partition coefficient (Wildman–Crippen LogP) is 2.98. The molecule has 0 bridgehead atoms. The van der Waals surface area contributed by atoms with E-state index in [-0.39, 0.29) is 5.78 Å². The Bertz CT molecular complexity index is 384. The van der Waals surface area contributed by atoms with E-state index in [9.17, 15) is 4.79 Å². The van der Waals surface area contributed by atoms with Crippen molar-refractivity contribution in [1.29, 1.82) is 0 Å². The lowest BCUT2D eigenvalue weighted by atomic mass is 9.97. The first-order chi connectivity index (χ1) is 9.65. The maximum atomic E-state index is 11.3. The van der Waals surface area contributed by atoms with Gasteiger partial charge in [-0.2, -0.15) is 0 Å². The van der Waals surface area contributed by atoms with E-state index in [1.54, 1.807) is 21.1 Å². The van der Waals surface area contributed by atoms with E-state index in [2.05, 4.69) is 18.2 Å². The van der Waals surface area contributed by atoms with Gasteiger partial charge in [0.15, 0.2) is 0 Å². The van der Waals surface area contributed by atoms with Crippen molar-refractivity contribution in [2.45, 2.75) is 39.0 Å². The fourth-order valence-corrected chi connectivity index (χ4v) is 2.36. The van der Waals surface area contributed by atoms with Crippen LogP contribution in [-0.4, -0.2) is 33.2 Å². The summed E-state index contributed by atoms with van der Waals surface area (Å²) in [5.74, 6) is 0.210. The molecule has 0 spiro atoms. The van der Waals surface area contributed by atoms with Crippen LogP contribution in [-0.2, 0) is 33.5 Å². The Morgan fingerprint density at radius 1 is 0.900 bits per heavy atom. The Morgan fingerprint density at radius 2 is 1.35 bits per heavy atom. The molecule has 0 saturated carbocycles. The molecule has 1 rings (SSSR count). The molecule has 0 saturated heterocycles. The third kappa shape index (κ3) is 6.83. The third-order valence-corrected chi connectivity index (χ3v) is 3.19. The Kier molecular flexibility index (Phi) is 8.16. The summed E-state index contributed by atoms with van der Waals surface area (Å²) in [6.45, 7) is 3.19. The molecule has 112 valence electrons. The number of ether oxygens (including phenoxy) is 2. The van der Waals surface area contributed by atoms with Crippen LogP contribution < -0.4 is 0 Å². The SMILES string of the molecule is COCCCc1cc(CCCOC)cc(CC(C)=O)c1. The van der Waals surface area contributed by atoms with Gasteiger partial charge >= 0.3 is 0 Å².